The zero-order chi connectivity index (χ0) is 9.97. The topological polar surface area (TPSA) is 16.1 Å². The Morgan fingerprint density at radius 3 is 3.00 bits per heavy atom. The van der Waals surface area contributed by atoms with E-state index in [4.69, 9.17) is 0 Å². The van der Waals surface area contributed by atoms with E-state index in [1.54, 1.807) is 0 Å². The Kier molecular flexibility index (Phi) is 2.64. The van der Waals surface area contributed by atoms with Crippen LogP contribution < -0.4 is 0 Å². The molecule has 0 radical (unpaired) electrons. The van der Waals surface area contributed by atoms with E-state index in [1.807, 2.05) is 12.3 Å². The van der Waals surface area contributed by atoms with Gasteiger partial charge in [0.25, 0.3) is 0 Å². The Balaban J connectivity index is 2.31. The van der Waals surface area contributed by atoms with Crippen molar-refractivity contribution in [3.05, 3.63) is 35.7 Å². The first kappa shape index (κ1) is 9.41. The summed E-state index contributed by atoms with van der Waals surface area (Å²) < 4.78 is 0. The average Bonchev–Trinajstić information content (AvgIpc) is 2.18. The molecule has 0 aliphatic carbocycles. The number of hydrogen-bond donors (Lipinski definition) is 0. The maximum atomic E-state index is 4.44. The highest BCUT2D eigenvalue weighted by Crippen LogP contribution is 2.20. The summed E-state index contributed by atoms with van der Waals surface area (Å²) in [6.45, 7) is 4.31. The van der Waals surface area contributed by atoms with Gasteiger partial charge in [0.15, 0.2) is 0 Å². The summed E-state index contributed by atoms with van der Waals surface area (Å²) in [5.74, 6) is 0. The van der Waals surface area contributed by atoms with Gasteiger partial charge < -0.3 is 4.90 Å². The SMILES string of the molecule is Cc1cccnc1C1=CCCN(C)C1. The third-order valence-electron chi connectivity index (χ3n) is 2.66. The molecule has 2 heteroatoms. The van der Waals surface area contributed by atoms with E-state index in [9.17, 15) is 0 Å². The quantitative estimate of drug-likeness (QED) is 0.671. The minimum Gasteiger partial charge on any atom is -0.302 e. The minimum absolute atomic E-state index is 1.03. The van der Waals surface area contributed by atoms with Crippen LogP contribution in [0.1, 0.15) is 17.7 Å². The first-order valence-electron chi connectivity index (χ1n) is 5.07. The van der Waals surface area contributed by atoms with Gasteiger partial charge in [-0.3, -0.25) is 4.98 Å². The van der Waals surface area contributed by atoms with E-state index in [1.165, 1.54) is 16.8 Å². The van der Waals surface area contributed by atoms with Gasteiger partial charge >= 0.3 is 0 Å². The molecule has 2 rings (SSSR count). The van der Waals surface area contributed by atoms with Crippen molar-refractivity contribution >= 4 is 5.57 Å². The number of hydrogen-bond acceptors (Lipinski definition) is 2. The highest BCUT2D eigenvalue weighted by molar-refractivity contribution is 5.66. The fourth-order valence-electron chi connectivity index (χ4n) is 1.89. The van der Waals surface area contributed by atoms with Crippen LogP contribution in [0, 0.1) is 6.92 Å². The van der Waals surface area contributed by atoms with Crippen LogP contribution in [-0.4, -0.2) is 30.0 Å². The van der Waals surface area contributed by atoms with Crippen molar-refractivity contribution in [2.45, 2.75) is 13.3 Å². The average molecular weight is 188 g/mol. The van der Waals surface area contributed by atoms with Crippen LogP contribution in [-0.2, 0) is 0 Å². The number of aryl methyl sites for hydroxylation is 1. The van der Waals surface area contributed by atoms with Gasteiger partial charge in [-0.1, -0.05) is 12.1 Å². The fraction of sp³-hybridized carbons (Fsp3) is 0.417. The van der Waals surface area contributed by atoms with Crippen molar-refractivity contribution in [2.24, 2.45) is 0 Å². The molecule has 0 saturated carbocycles. The molecule has 1 aliphatic heterocycles. The maximum Gasteiger partial charge on any atom is 0.0700 e. The second-order valence-corrected chi connectivity index (χ2v) is 3.92. The van der Waals surface area contributed by atoms with Crippen molar-refractivity contribution in [1.82, 2.24) is 9.88 Å². The predicted octanol–water partition coefficient (Wildman–Crippen LogP) is 2.11. The molecule has 0 amide bonds. The summed E-state index contributed by atoms with van der Waals surface area (Å²) >= 11 is 0. The van der Waals surface area contributed by atoms with Crippen molar-refractivity contribution in [2.75, 3.05) is 20.1 Å². The molecule has 1 aliphatic rings. The van der Waals surface area contributed by atoms with E-state index in [0.29, 0.717) is 0 Å². The van der Waals surface area contributed by atoms with Crippen molar-refractivity contribution < 1.29 is 0 Å². The standard InChI is InChI=1S/C12H16N2/c1-10-5-3-7-13-12(10)11-6-4-8-14(2)9-11/h3,5-7H,4,8-9H2,1-2H3. The molecule has 1 aromatic rings. The first-order chi connectivity index (χ1) is 6.77. The highest BCUT2D eigenvalue weighted by atomic mass is 15.1. The smallest absolute Gasteiger partial charge is 0.0700 e. The Bertz CT molecular complexity index is 355. The van der Waals surface area contributed by atoms with Gasteiger partial charge in [0.2, 0.25) is 0 Å². The van der Waals surface area contributed by atoms with Crippen molar-refractivity contribution in [3.8, 4) is 0 Å². The molecule has 0 N–H and O–H groups in total. The number of aromatic nitrogens is 1. The first-order valence-corrected chi connectivity index (χ1v) is 5.07. The number of rotatable bonds is 1. The van der Waals surface area contributed by atoms with E-state index in [2.05, 4.69) is 36.0 Å². The number of likely N-dealkylation sites (N-methyl/N-ethyl adjacent to an activating group) is 1. The molecule has 2 heterocycles. The normalized spacial score (nSPS) is 18.0. The Hall–Kier alpha value is -1.15. The van der Waals surface area contributed by atoms with Gasteiger partial charge in [0.05, 0.1) is 5.69 Å². The summed E-state index contributed by atoms with van der Waals surface area (Å²) in [5.41, 5.74) is 3.81. The van der Waals surface area contributed by atoms with E-state index in [-0.39, 0.29) is 0 Å². The van der Waals surface area contributed by atoms with Crippen LogP contribution in [0.2, 0.25) is 0 Å². The summed E-state index contributed by atoms with van der Waals surface area (Å²) in [5, 5.41) is 0. The monoisotopic (exact) mass is 188 g/mol. The van der Waals surface area contributed by atoms with E-state index in [0.717, 1.165) is 19.5 Å². The van der Waals surface area contributed by atoms with Crippen LogP contribution in [0.25, 0.3) is 5.57 Å². The second-order valence-electron chi connectivity index (χ2n) is 3.92. The largest absolute Gasteiger partial charge is 0.302 e. The highest BCUT2D eigenvalue weighted by Gasteiger charge is 2.12. The fourth-order valence-corrected chi connectivity index (χ4v) is 1.89. The molecule has 74 valence electrons. The molecule has 2 nitrogen and oxygen atoms in total. The van der Waals surface area contributed by atoms with Gasteiger partial charge in [-0.05, 0) is 37.6 Å². The molecule has 0 bridgehead atoms. The van der Waals surface area contributed by atoms with Gasteiger partial charge in [-0.15, -0.1) is 0 Å². The summed E-state index contributed by atoms with van der Waals surface area (Å²) in [6, 6.07) is 4.11. The van der Waals surface area contributed by atoms with Crippen LogP contribution in [0.4, 0.5) is 0 Å². The zero-order valence-corrected chi connectivity index (χ0v) is 8.83. The predicted molar refractivity (Wildman–Crippen MR) is 59.1 cm³/mol. The lowest BCUT2D eigenvalue weighted by molar-refractivity contribution is 0.372. The summed E-state index contributed by atoms with van der Waals surface area (Å²) in [7, 11) is 2.16. The molecule has 14 heavy (non-hydrogen) atoms. The maximum absolute atomic E-state index is 4.44. The van der Waals surface area contributed by atoms with E-state index < -0.39 is 0 Å². The van der Waals surface area contributed by atoms with Crippen LogP contribution in [0.3, 0.4) is 0 Å². The van der Waals surface area contributed by atoms with Gasteiger partial charge in [0.1, 0.15) is 0 Å². The second kappa shape index (κ2) is 3.93. The van der Waals surface area contributed by atoms with Gasteiger partial charge in [-0.2, -0.15) is 0 Å². The Morgan fingerprint density at radius 2 is 2.29 bits per heavy atom. The molecule has 0 saturated heterocycles. The lowest BCUT2D eigenvalue weighted by Gasteiger charge is -2.23. The molecule has 0 unspecified atom stereocenters. The van der Waals surface area contributed by atoms with Crippen molar-refractivity contribution in [3.63, 3.8) is 0 Å². The lowest BCUT2D eigenvalue weighted by Crippen LogP contribution is -2.25. The van der Waals surface area contributed by atoms with Crippen LogP contribution in [0.15, 0.2) is 24.4 Å². The minimum atomic E-state index is 1.03. The third-order valence-corrected chi connectivity index (χ3v) is 2.66. The zero-order valence-electron chi connectivity index (χ0n) is 8.83. The number of pyridine rings is 1. The van der Waals surface area contributed by atoms with Crippen molar-refractivity contribution in [1.29, 1.82) is 0 Å². The molecular formula is C12H16N2. The molecule has 0 aromatic carbocycles. The van der Waals surface area contributed by atoms with Gasteiger partial charge in [0, 0.05) is 19.3 Å². The Morgan fingerprint density at radius 1 is 1.43 bits per heavy atom. The molecule has 1 aromatic heterocycles. The Labute approximate surface area is 85.3 Å². The molecule has 0 fully saturated rings. The summed E-state index contributed by atoms with van der Waals surface area (Å²) in [6.07, 6.45) is 5.33. The molecule has 0 atom stereocenters. The lowest BCUT2D eigenvalue weighted by atomic mass is 10.0. The molecular weight excluding hydrogens is 172 g/mol. The van der Waals surface area contributed by atoms with Crippen LogP contribution >= 0.6 is 0 Å². The van der Waals surface area contributed by atoms with Crippen LogP contribution in [0.5, 0.6) is 0 Å². The number of nitrogens with zero attached hydrogens (tertiary/aromatic N) is 2. The van der Waals surface area contributed by atoms with E-state index >= 15 is 0 Å². The third kappa shape index (κ3) is 1.85. The summed E-state index contributed by atoms with van der Waals surface area (Å²) in [4.78, 5) is 6.78. The molecule has 0 spiro atoms. The van der Waals surface area contributed by atoms with Gasteiger partial charge in [-0.25, -0.2) is 0 Å².